The Hall–Kier alpha value is -1.85. The van der Waals surface area contributed by atoms with E-state index >= 15 is 0 Å². The molecule has 0 amide bonds. The van der Waals surface area contributed by atoms with Gasteiger partial charge in [0.25, 0.3) is 0 Å². The van der Waals surface area contributed by atoms with Gasteiger partial charge in [-0.25, -0.2) is 4.98 Å². The molecule has 1 fully saturated rings. The summed E-state index contributed by atoms with van der Waals surface area (Å²) in [6, 6.07) is 7.52. The van der Waals surface area contributed by atoms with Crippen LogP contribution in [0.2, 0.25) is 0 Å². The van der Waals surface area contributed by atoms with Crippen LogP contribution in [-0.4, -0.2) is 30.2 Å². The van der Waals surface area contributed by atoms with Crippen molar-refractivity contribution >= 4 is 12.4 Å². The summed E-state index contributed by atoms with van der Waals surface area (Å²) in [6.45, 7) is 1.84. The molecule has 1 aromatic carbocycles. The molecule has 5 nitrogen and oxygen atoms in total. The van der Waals surface area contributed by atoms with Crippen molar-refractivity contribution in [1.82, 2.24) is 15.3 Å². The van der Waals surface area contributed by atoms with Crippen LogP contribution in [0.1, 0.15) is 11.6 Å². The maximum Gasteiger partial charge on any atom is 0.241 e. The molecule has 106 valence electrons. The molecule has 1 saturated heterocycles. The number of nitrogens with zero attached hydrogens (tertiary/aromatic N) is 2. The van der Waals surface area contributed by atoms with Gasteiger partial charge in [-0.1, -0.05) is 12.1 Å². The molecule has 0 atom stereocenters. The van der Waals surface area contributed by atoms with E-state index in [1.807, 2.05) is 24.3 Å². The highest BCUT2D eigenvalue weighted by atomic mass is 35.5. The first kappa shape index (κ1) is 14.6. The zero-order valence-corrected chi connectivity index (χ0v) is 11.9. The summed E-state index contributed by atoms with van der Waals surface area (Å²) in [5, 5.41) is 3.23. The molecule has 0 bridgehead atoms. The third-order valence-corrected chi connectivity index (χ3v) is 3.14. The van der Waals surface area contributed by atoms with Crippen LogP contribution >= 0.6 is 12.4 Å². The van der Waals surface area contributed by atoms with E-state index in [-0.39, 0.29) is 12.4 Å². The van der Waals surface area contributed by atoms with Gasteiger partial charge < -0.3 is 14.8 Å². The molecule has 0 spiro atoms. The molecule has 6 heteroatoms. The largest absolute Gasteiger partial charge is 0.493 e. The van der Waals surface area contributed by atoms with Crippen molar-refractivity contribution in [3.05, 3.63) is 42.4 Å². The van der Waals surface area contributed by atoms with Crippen LogP contribution in [0.4, 0.5) is 0 Å². The second kappa shape index (κ2) is 6.54. The van der Waals surface area contributed by atoms with Crippen LogP contribution in [0.3, 0.4) is 0 Å². The van der Waals surface area contributed by atoms with E-state index in [2.05, 4.69) is 15.3 Å². The highest BCUT2D eigenvalue weighted by Gasteiger charge is 2.25. The predicted octanol–water partition coefficient (Wildman–Crippen LogP) is 2.39. The lowest BCUT2D eigenvalue weighted by Gasteiger charge is -2.27. The highest BCUT2D eigenvalue weighted by Crippen LogP contribution is 2.33. The SMILES string of the molecule is COc1ccccc1Oc1nccnc1C1CNC1.Cl. The van der Waals surface area contributed by atoms with Gasteiger partial charge in [0, 0.05) is 31.4 Å². The van der Waals surface area contributed by atoms with Crippen molar-refractivity contribution in [2.75, 3.05) is 20.2 Å². The van der Waals surface area contributed by atoms with E-state index in [0.29, 0.717) is 23.3 Å². The molecule has 0 saturated carbocycles. The van der Waals surface area contributed by atoms with Gasteiger partial charge in [0.1, 0.15) is 5.69 Å². The standard InChI is InChI=1S/C14H15N3O2.ClH/c1-18-11-4-2-3-5-12(11)19-14-13(10-8-15-9-10)16-6-7-17-14;/h2-7,10,15H,8-9H2,1H3;1H. The lowest BCUT2D eigenvalue weighted by Crippen LogP contribution is -2.40. The van der Waals surface area contributed by atoms with Gasteiger partial charge in [-0.3, -0.25) is 4.98 Å². The maximum absolute atomic E-state index is 5.86. The van der Waals surface area contributed by atoms with E-state index in [1.165, 1.54) is 0 Å². The van der Waals surface area contributed by atoms with Crippen molar-refractivity contribution in [2.24, 2.45) is 0 Å². The Morgan fingerprint density at radius 3 is 2.45 bits per heavy atom. The first-order chi connectivity index (χ1) is 9.38. The first-order valence-electron chi connectivity index (χ1n) is 6.21. The monoisotopic (exact) mass is 293 g/mol. The Kier molecular flexibility index (Phi) is 4.76. The Balaban J connectivity index is 0.00000147. The quantitative estimate of drug-likeness (QED) is 0.938. The van der Waals surface area contributed by atoms with E-state index in [9.17, 15) is 0 Å². The van der Waals surface area contributed by atoms with Crippen molar-refractivity contribution in [2.45, 2.75) is 5.92 Å². The molecule has 0 unspecified atom stereocenters. The van der Waals surface area contributed by atoms with E-state index in [1.54, 1.807) is 19.5 Å². The first-order valence-corrected chi connectivity index (χ1v) is 6.21. The third kappa shape index (κ3) is 2.84. The predicted molar refractivity (Wildman–Crippen MR) is 78.0 cm³/mol. The molecule has 0 aliphatic carbocycles. The molecule has 1 aliphatic rings. The summed E-state index contributed by atoms with van der Waals surface area (Å²) in [6.07, 6.45) is 3.34. The van der Waals surface area contributed by atoms with Crippen LogP contribution in [0, 0.1) is 0 Å². The fourth-order valence-electron chi connectivity index (χ4n) is 1.98. The molecule has 2 aromatic rings. The fraction of sp³-hybridized carbons (Fsp3) is 0.286. The topological polar surface area (TPSA) is 56.3 Å². The number of nitrogens with one attached hydrogen (secondary N) is 1. The summed E-state index contributed by atoms with van der Waals surface area (Å²) in [7, 11) is 1.62. The second-order valence-electron chi connectivity index (χ2n) is 4.35. The normalized spacial score (nSPS) is 14.1. The van der Waals surface area contributed by atoms with Crippen LogP contribution in [0.25, 0.3) is 0 Å². The van der Waals surface area contributed by atoms with Crippen LogP contribution in [0.15, 0.2) is 36.7 Å². The Morgan fingerprint density at radius 1 is 1.10 bits per heavy atom. The molecule has 1 N–H and O–H groups in total. The number of rotatable bonds is 4. The molecule has 0 radical (unpaired) electrons. The molecule has 20 heavy (non-hydrogen) atoms. The van der Waals surface area contributed by atoms with Gasteiger partial charge in [0.05, 0.1) is 7.11 Å². The van der Waals surface area contributed by atoms with Crippen molar-refractivity contribution < 1.29 is 9.47 Å². The number of hydrogen-bond donors (Lipinski definition) is 1. The summed E-state index contributed by atoms with van der Waals surface area (Å²) < 4.78 is 11.1. The van der Waals surface area contributed by atoms with Crippen LogP contribution in [0.5, 0.6) is 17.4 Å². The van der Waals surface area contributed by atoms with Gasteiger partial charge in [-0.15, -0.1) is 12.4 Å². The number of ether oxygens (including phenoxy) is 2. The molecular formula is C14H16ClN3O2. The number of aromatic nitrogens is 2. The second-order valence-corrected chi connectivity index (χ2v) is 4.35. The minimum absolute atomic E-state index is 0. The van der Waals surface area contributed by atoms with Crippen molar-refractivity contribution in [3.8, 4) is 17.4 Å². The van der Waals surface area contributed by atoms with E-state index < -0.39 is 0 Å². The van der Waals surface area contributed by atoms with Gasteiger partial charge in [-0.2, -0.15) is 0 Å². The molecule has 1 aromatic heterocycles. The summed E-state index contributed by atoms with van der Waals surface area (Å²) >= 11 is 0. The minimum atomic E-state index is 0. The van der Waals surface area contributed by atoms with Gasteiger partial charge >= 0.3 is 0 Å². The van der Waals surface area contributed by atoms with Crippen molar-refractivity contribution in [3.63, 3.8) is 0 Å². The molecule has 2 heterocycles. The molecular weight excluding hydrogens is 278 g/mol. The Morgan fingerprint density at radius 2 is 1.80 bits per heavy atom. The van der Waals surface area contributed by atoms with Crippen LogP contribution in [-0.2, 0) is 0 Å². The summed E-state index contributed by atoms with van der Waals surface area (Å²) in [4.78, 5) is 8.67. The van der Waals surface area contributed by atoms with Gasteiger partial charge in [0.15, 0.2) is 11.5 Å². The zero-order valence-electron chi connectivity index (χ0n) is 11.1. The number of halogens is 1. The number of para-hydroxylation sites is 2. The highest BCUT2D eigenvalue weighted by molar-refractivity contribution is 5.85. The third-order valence-electron chi connectivity index (χ3n) is 3.14. The Labute approximate surface area is 123 Å². The fourth-order valence-corrected chi connectivity index (χ4v) is 1.98. The van der Waals surface area contributed by atoms with Gasteiger partial charge in [-0.05, 0) is 12.1 Å². The summed E-state index contributed by atoms with van der Waals surface area (Å²) in [5.74, 6) is 2.27. The average Bonchev–Trinajstić information content (AvgIpc) is 2.40. The summed E-state index contributed by atoms with van der Waals surface area (Å²) in [5.41, 5.74) is 0.896. The van der Waals surface area contributed by atoms with Crippen molar-refractivity contribution in [1.29, 1.82) is 0 Å². The molecule has 3 rings (SSSR count). The number of hydrogen-bond acceptors (Lipinski definition) is 5. The van der Waals surface area contributed by atoms with E-state index in [0.717, 1.165) is 18.8 Å². The lowest BCUT2D eigenvalue weighted by atomic mass is 9.99. The van der Waals surface area contributed by atoms with Gasteiger partial charge in [0.2, 0.25) is 5.88 Å². The number of methoxy groups -OCH3 is 1. The average molecular weight is 294 g/mol. The number of benzene rings is 1. The van der Waals surface area contributed by atoms with Crippen LogP contribution < -0.4 is 14.8 Å². The Bertz CT molecular complexity index is 576. The van der Waals surface area contributed by atoms with E-state index in [4.69, 9.17) is 9.47 Å². The minimum Gasteiger partial charge on any atom is -0.493 e. The molecule has 1 aliphatic heterocycles. The lowest BCUT2D eigenvalue weighted by molar-refractivity contribution is 0.362. The maximum atomic E-state index is 5.86. The smallest absolute Gasteiger partial charge is 0.241 e. The zero-order chi connectivity index (χ0) is 13.1.